The molecule has 6 atom stereocenters. The summed E-state index contributed by atoms with van der Waals surface area (Å²) in [4.78, 5) is 0. The Kier molecular flexibility index (Phi) is 5.61. The summed E-state index contributed by atoms with van der Waals surface area (Å²) >= 11 is 0. The fourth-order valence-electron chi connectivity index (χ4n) is 5.84. The highest BCUT2D eigenvalue weighted by atomic mass is 19.3. The monoisotopic (exact) mass is 427 g/mol. The molecule has 1 saturated heterocycles. The molecule has 0 spiro atoms. The maximum absolute atomic E-state index is 14.1. The SMILES string of the molecule is C[C@H]([C@@H](Oc1ccc(C(C)(F)F)cc1)[C@H]1CCC(F)(F)C1)[C@@]1(C)CCCCC2NC21. The van der Waals surface area contributed by atoms with E-state index in [1.165, 1.54) is 25.0 Å². The molecule has 168 valence electrons. The van der Waals surface area contributed by atoms with E-state index in [4.69, 9.17) is 4.74 Å². The second-order valence-corrected chi connectivity index (χ2v) is 10.1. The summed E-state index contributed by atoms with van der Waals surface area (Å²) in [5.41, 5.74) is -0.104. The molecule has 1 aromatic carbocycles. The quantitative estimate of drug-likeness (QED) is 0.413. The van der Waals surface area contributed by atoms with E-state index >= 15 is 0 Å². The highest BCUT2D eigenvalue weighted by Crippen LogP contribution is 2.52. The fraction of sp³-hybridized carbons (Fsp3) is 0.750. The lowest BCUT2D eigenvalue weighted by molar-refractivity contribution is -0.0234. The van der Waals surface area contributed by atoms with Crippen molar-refractivity contribution in [3.8, 4) is 5.75 Å². The van der Waals surface area contributed by atoms with Crippen LogP contribution in [-0.4, -0.2) is 24.1 Å². The molecule has 1 heterocycles. The van der Waals surface area contributed by atoms with Crippen LogP contribution in [0.4, 0.5) is 17.6 Å². The molecule has 6 heteroatoms. The number of benzene rings is 1. The van der Waals surface area contributed by atoms with Crippen LogP contribution in [0.3, 0.4) is 0 Å². The zero-order valence-electron chi connectivity index (χ0n) is 18.1. The van der Waals surface area contributed by atoms with E-state index in [1.54, 1.807) is 12.1 Å². The van der Waals surface area contributed by atoms with Gasteiger partial charge in [-0.05, 0) is 48.9 Å². The van der Waals surface area contributed by atoms with Crippen molar-refractivity contribution >= 4 is 0 Å². The Labute approximate surface area is 176 Å². The lowest BCUT2D eigenvalue weighted by Gasteiger charge is -2.42. The number of nitrogens with one attached hydrogen (secondary N) is 1. The number of alkyl halides is 4. The fourth-order valence-corrected chi connectivity index (χ4v) is 5.84. The lowest BCUT2D eigenvalue weighted by atomic mass is 9.67. The standard InChI is InChI=1S/C24H33F4NO/c1-15(22(2)12-5-4-6-19-21(22)29-19)20(16-11-13-24(27,28)14-16)30-18-9-7-17(8-10-18)23(3,25)26/h7-10,15-16,19-21,29H,4-6,11-14H2,1-3H3/t15-,16+,19?,20-,21?,22-/m1/s1. The van der Waals surface area contributed by atoms with Crippen LogP contribution in [0.25, 0.3) is 0 Å². The predicted molar refractivity (Wildman–Crippen MR) is 109 cm³/mol. The van der Waals surface area contributed by atoms with E-state index in [0.717, 1.165) is 19.8 Å². The first-order chi connectivity index (χ1) is 14.0. The summed E-state index contributed by atoms with van der Waals surface area (Å²) in [5.74, 6) is -5.25. The number of ether oxygens (including phenoxy) is 1. The molecular formula is C24H33F4NO. The van der Waals surface area contributed by atoms with Crippen molar-refractivity contribution in [3.05, 3.63) is 29.8 Å². The molecule has 0 radical (unpaired) electrons. The van der Waals surface area contributed by atoms with E-state index in [2.05, 4.69) is 19.2 Å². The van der Waals surface area contributed by atoms with Gasteiger partial charge in [-0.25, -0.2) is 17.6 Å². The third-order valence-corrected chi connectivity index (χ3v) is 7.95. The molecule has 2 saturated carbocycles. The second-order valence-electron chi connectivity index (χ2n) is 10.1. The van der Waals surface area contributed by atoms with Gasteiger partial charge in [0.1, 0.15) is 11.9 Å². The topological polar surface area (TPSA) is 31.2 Å². The third kappa shape index (κ3) is 4.35. The molecular weight excluding hydrogens is 394 g/mol. The number of hydrogen-bond donors (Lipinski definition) is 1. The number of hydrogen-bond acceptors (Lipinski definition) is 2. The smallest absolute Gasteiger partial charge is 0.270 e. The van der Waals surface area contributed by atoms with Crippen LogP contribution >= 0.6 is 0 Å². The molecule has 2 unspecified atom stereocenters. The van der Waals surface area contributed by atoms with Crippen molar-refractivity contribution in [2.45, 2.75) is 95.7 Å². The molecule has 3 fully saturated rings. The van der Waals surface area contributed by atoms with Crippen LogP contribution < -0.4 is 10.1 Å². The van der Waals surface area contributed by atoms with Gasteiger partial charge in [-0.15, -0.1) is 0 Å². The molecule has 0 aromatic heterocycles. The number of halogens is 4. The average Bonchev–Trinajstić information content (AvgIpc) is 3.39. The normalized spacial score (nSPS) is 35.2. The molecule has 30 heavy (non-hydrogen) atoms. The molecule has 0 bridgehead atoms. The molecule has 1 aliphatic heterocycles. The Morgan fingerprint density at radius 2 is 1.80 bits per heavy atom. The Morgan fingerprint density at radius 1 is 1.10 bits per heavy atom. The van der Waals surface area contributed by atoms with Gasteiger partial charge in [0.25, 0.3) is 5.92 Å². The predicted octanol–water partition coefficient (Wildman–Crippen LogP) is 6.54. The van der Waals surface area contributed by atoms with Gasteiger partial charge in [0, 0.05) is 49.2 Å². The Balaban J connectivity index is 1.58. The van der Waals surface area contributed by atoms with Gasteiger partial charge in [0.2, 0.25) is 5.92 Å². The molecule has 1 aromatic rings. The van der Waals surface area contributed by atoms with Gasteiger partial charge in [-0.3, -0.25) is 0 Å². The van der Waals surface area contributed by atoms with E-state index < -0.39 is 11.8 Å². The van der Waals surface area contributed by atoms with Crippen LogP contribution in [0, 0.1) is 17.3 Å². The van der Waals surface area contributed by atoms with E-state index in [0.29, 0.717) is 24.3 Å². The van der Waals surface area contributed by atoms with Crippen molar-refractivity contribution < 1.29 is 22.3 Å². The number of rotatable bonds is 6. The molecule has 2 aliphatic carbocycles. The zero-order chi connectivity index (χ0) is 21.7. The van der Waals surface area contributed by atoms with Gasteiger partial charge in [-0.2, -0.15) is 0 Å². The molecule has 2 nitrogen and oxygen atoms in total. The summed E-state index contributed by atoms with van der Waals surface area (Å²) in [6.07, 6.45) is 4.36. The summed E-state index contributed by atoms with van der Waals surface area (Å²) < 4.78 is 61.6. The minimum atomic E-state index is -2.92. The van der Waals surface area contributed by atoms with E-state index in [-0.39, 0.29) is 41.8 Å². The lowest BCUT2D eigenvalue weighted by Crippen LogP contribution is -2.45. The van der Waals surface area contributed by atoms with E-state index in [1.807, 2.05) is 0 Å². The van der Waals surface area contributed by atoms with Gasteiger partial charge < -0.3 is 10.1 Å². The zero-order valence-corrected chi connectivity index (χ0v) is 18.1. The number of fused-ring (bicyclic) bond motifs is 1. The van der Waals surface area contributed by atoms with Crippen LogP contribution in [0.2, 0.25) is 0 Å². The first-order valence-corrected chi connectivity index (χ1v) is 11.3. The molecule has 4 rings (SSSR count). The maximum atomic E-state index is 14.1. The summed E-state index contributed by atoms with van der Waals surface area (Å²) in [6, 6.07) is 6.76. The van der Waals surface area contributed by atoms with E-state index in [9.17, 15) is 17.6 Å². The largest absolute Gasteiger partial charge is 0.490 e. The summed E-state index contributed by atoms with van der Waals surface area (Å²) in [6.45, 7) is 5.27. The minimum absolute atomic E-state index is 0.0277. The third-order valence-electron chi connectivity index (χ3n) is 7.95. The van der Waals surface area contributed by atoms with Crippen molar-refractivity contribution in [3.63, 3.8) is 0 Å². The van der Waals surface area contributed by atoms with Gasteiger partial charge >= 0.3 is 0 Å². The van der Waals surface area contributed by atoms with Crippen LogP contribution in [0.15, 0.2) is 24.3 Å². The summed E-state index contributed by atoms with van der Waals surface area (Å²) in [7, 11) is 0. The van der Waals surface area contributed by atoms with Gasteiger partial charge in [-0.1, -0.05) is 26.7 Å². The summed E-state index contributed by atoms with van der Waals surface area (Å²) in [5, 5.41) is 3.60. The Hall–Kier alpha value is -1.30. The highest BCUT2D eigenvalue weighted by Gasteiger charge is 2.56. The van der Waals surface area contributed by atoms with Gasteiger partial charge in [0.15, 0.2) is 0 Å². The first-order valence-electron chi connectivity index (χ1n) is 11.3. The van der Waals surface area contributed by atoms with Crippen LogP contribution in [0.1, 0.15) is 71.3 Å². The highest BCUT2D eigenvalue weighted by molar-refractivity contribution is 5.30. The Morgan fingerprint density at radius 3 is 2.40 bits per heavy atom. The second kappa shape index (κ2) is 7.68. The van der Waals surface area contributed by atoms with Crippen LogP contribution in [-0.2, 0) is 5.92 Å². The molecule has 3 aliphatic rings. The van der Waals surface area contributed by atoms with Crippen molar-refractivity contribution in [2.75, 3.05) is 0 Å². The Bertz CT molecular complexity index is 747. The molecule has 1 N–H and O–H groups in total. The van der Waals surface area contributed by atoms with Crippen molar-refractivity contribution in [2.24, 2.45) is 17.3 Å². The van der Waals surface area contributed by atoms with Crippen molar-refractivity contribution in [1.82, 2.24) is 5.32 Å². The van der Waals surface area contributed by atoms with Gasteiger partial charge in [0.05, 0.1) is 0 Å². The van der Waals surface area contributed by atoms with Crippen LogP contribution in [0.5, 0.6) is 5.75 Å². The van der Waals surface area contributed by atoms with Crippen molar-refractivity contribution in [1.29, 1.82) is 0 Å². The first kappa shape index (κ1) is 21.9. The average molecular weight is 428 g/mol. The minimum Gasteiger partial charge on any atom is -0.490 e. The maximum Gasteiger partial charge on any atom is 0.270 e. The molecule has 0 amide bonds.